The molecule has 0 radical (unpaired) electrons. The summed E-state index contributed by atoms with van der Waals surface area (Å²) < 4.78 is 47.7. The van der Waals surface area contributed by atoms with Crippen molar-refractivity contribution < 1.29 is 52.8 Å². The van der Waals surface area contributed by atoms with Gasteiger partial charge >= 0.3 is 0 Å². The zero-order valence-corrected chi connectivity index (χ0v) is 19.9. The fourth-order valence-electron chi connectivity index (χ4n) is 2.01. The first-order chi connectivity index (χ1) is 15.8. The third-order valence-electron chi connectivity index (χ3n) is 3.48. The highest BCUT2D eigenvalue weighted by atomic mass is 32.1. The van der Waals surface area contributed by atoms with Crippen molar-refractivity contribution in [2.45, 2.75) is 5.44 Å². The van der Waals surface area contributed by atoms with E-state index < -0.39 is 5.44 Å². The molecule has 1 unspecified atom stereocenters. The third-order valence-corrected chi connectivity index (χ3v) is 3.63. The maximum atomic E-state index is 8.88. The molecule has 0 aliphatic carbocycles. The average molecular weight is 491 g/mol. The van der Waals surface area contributed by atoms with Gasteiger partial charge in [0.25, 0.3) is 0 Å². The molecule has 0 bridgehead atoms. The van der Waals surface area contributed by atoms with E-state index in [4.69, 9.17) is 52.8 Å². The molecule has 0 aromatic carbocycles. The van der Waals surface area contributed by atoms with Gasteiger partial charge in [-0.15, -0.1) is 12.6 Å². The van der Waals surface area contributed by atoms with Gasteiger partial charge in [-0.05, 0) is 0 Å². The normalized spacial score (nSPS) is 12.5. The highest BCUT2D eigenvalue weighted by molar-refractivity contribution is 7.80. The number of rotatable bonds is 28. The lowest BCUT2D eigenvalue weighted by molar-refractivity contribution is -0.0263. The summed E-state index contributed by atoms with van der Waals surface area (Å²) in [7, 11) is 0. The summed E-state index contributed by atoms with van der Waals surface area (Å²) in [5.41, 5.74) is -0.755. The fourth-order valence-corrected chi connectivity index (χ4v) is 2.12. The van der Waals surface area contributed by atoms with Crippen LogP contribution in [0.15, 0.2) is 0 Å². The maximum Gasteiger partial charge on any atom is 0.120 e. The Balaban J connectivity index is 3.00. The number of hydrogen-bond acceptors (Lipinski definition) is 12. The van der Waals surface area contributed by atoms with Crippen LogP contribution < -0.4 is 0 Å². The quantitative estimate of drug-likeness (QED) is 0.0738. The molecule has 0 fully saturated rings. The van der Waals surface area contributed by atoms with Gasteiger partial charge in [-0.2, -0.15) is 0 Å². The van der Waals surface area contributed by atoms with Crippen molar-refractivity contribution in [3.8, 4) is 0 Å². The molecule has 0 aliphatic heterocycles. The first-order valence-corrected chi connectivity index (χ1v) is 11.5. The molecule has 194 valence electrons. The number of aliphatic hydroxyl groups is 2. The molecule has 0 aliphatic rings. The topological polar surface area (TPSA) is 124 Å². The van der Waals surface area contributed by atoms with Gasteiger partial charge in [0.2, 0.25) is 0 Å². The minimum Gasteiger partial charge on any atom is -0.394 e. The van der Waals surface area contributed by atoms with E-state index in [1.165, 1.54) is 0 Å². The van der Waals surface area contributed by atoms with E-state index in [0.29, 0.717) is 112 Å². The predicted octanol–water partition coefficient (Wildman–Crippen LogP) is -0.624. The van der Waals surface area contributed by atoms with Gasteiger partial charge in [0.05, 0.1) is 126 Å². The van der Waals surface area contributed by atoms with E-state index in [9.17, 15) is 0 Å². The Morgan fingerprint density at radius 3 is 0.844 bits per heavy atom. The van der Waals surface area contributed by atoms with E-state index in [1.54, 1.807) is 0 Å². The minimum atomic E-state index is -0.755. The Morgan fingerprint density at radius 1 is 0.406 bits per heavy atom. The summed E-state index contributed by atoms with van der Waals surface area (Å²) in [4.78, 5) is 0. The van der Waals surface area contributed by atoms with Crippen molar-refractivity contribution in [3.63, 3.8) is 0 Å². The van der Waals surface area contributed by atoms with Crippen LogP contribution in [0.4, 0.5) is 0 Å². The van der Waals surface area contributed by atoms with Crippen LogP contribution in [0.1, 0.15) is 0 Å². The molecular weight excluding hydrogens is 448 g/mol. The van der Waals surface area contributed by atoms with Crippen molar-refractivity contribution in [2.75, 3.05) is 126 Å². The van der Waals surface area contributed by atoms with Crippen LogP contribution in [-0.2, 0) is 42.6 Å². The molecule has 32 heavy (non-hydrogen) atoms. The summed E-state index contributed by atoms with van der Waals surface area (Å²) in [6, 6.07) is 0. The number of thiol groups is 1. The lowest BCUT2D eigenvalue weighted by Gasteiger charge is -2.09. The molecule has 0 aromatic rings. The second-order valence-corrected chi connectivity index (χ2v) is 6.77. The summed E-state index contributed by atoms with van der Waals surface area (Å²) in [5, 5.41) is 17.4. The van der Waals surface area contributed by atoms with Crippen LogP contribution in [0.2, 0.25) is 0 Å². The van der Waals surface area contributed by atoms with Crippen molar-refractivity contribution in [2.24, 2.45) is 0 Å². The molecule has 12 heteroatoms. The lowest BCUT2D eigenvalue weighted by Crippen LogP contribution is -2.15. The first-order valence-electron chi connectivity index (χ1n) is 10.9. The monoisotopic (exact) mass is 490 g/mol. The van der Waals surface area contributed by atoms with Gasteiger partial charge < -0.3 is 52.8 Å². The molecular formula is C20H42O11S. The Bertz CT molecular complexity index is 341. The molecule has 0 heterocycles. The lowest BCUT2D eigenvalue weighted by atomic mass is 10.6. The minimum absolute atomic E-state index is 0.0261. The average Bonchev–Trinajstić information content (AvgIpc) is 2.78. The molecule has 11 nitrogen and oxygen atoms in total. The molecule has 0 aromatic heterocycles. The molecule has 0 saturated heterocycles. The van der Waals surface area contributed by atoms with Gasteiger partial charge in [0.15, 0.2) is 0 Å². The standard InChI is InChI=1S/C20H42O11S/c21-1-2-23-3-4-24-5-6-25-7-8-26-9-10-27-11-12-28-13-14-29-15-16-30-17-18-31-19-20(22)32/h20-22,32H,1-19H2. The first kappa shape index (κ1) is 31.9. The van der Waals surface area contributed by atoms with Gasteiger partial charge in [0, 0.05) is 0 Å². The second kappa shape index (κ2) is 28.9. The molecule has 0 saturated carbocycles. The summed E-state index contributed by atoms with van der Waals surface area (Å²) >= 11 is 3.79. The van der Waals surface area contributed by atoms with E-state index >= 15 is 0 Å². The zero-order chi connectivity index (χ0) is 23.4. The van der Waals surface area contributed by atoms with Crippen LogP contribution in [0.5, 0.6) is 0 Å². The Morgan fingerprint density at radius 2 is 0.625 bits per heavy atom. The van der Waals surface area contributed by atoms with Crippen LogP contribution in [0, 0.1) is 0 Å². The summed E-state index contributed by atoms with van der Waals surface area (Å²) in [6.07, 6.45) is 0. The second-order valence-electron chi connectivity index (χ2n) is 6.18. The van der Waals surface area contributed by atoms with E-state index in [0.717, 1.165) is 0 Å². The van der Waals surface area contributed by atoms with E-state index in [1.807, 2.05) is 0 Å². The van der Waals surface area contributed by atoms with Gasteiger partial charge in [0.1, 0.15) is 5.44 Å². The van der Waals surface area contributed by atoms with Crippen LogP contribution >= 0.6 is 12.6 Å². The number of aliphatic hydroxyl groups excluding tert-OH is 2. The Hall–Kier alpha value is -0.0900. The van der Waals surface area contributed by atoms with E-state index in [-0.39, 0.29) is 13.2 Å². The number of ether oxygens (including phenoxy) is 9. The van der Waals surface area contributed by atoms with Crippen molar-refractivity contribution in [3.05, 3.63) is 0 Å². The van der Waals surface area contributed by atoms with Crippen molar-refractivity contribution in [1.82, 2.24) is 0 Å². The third kappa shape index (κ3) is 29.9. The number of hydrogen-bond donors (Lipinski definition) is 3. The van der Waals surface area contributed by atoms with Crippen LogP contribution in [0.3, 0.4) is 0 Å². The molecule has 0 spiro atoms. The smallest absolute Gasteiger partial charge is 0.120 e. The highest BCUT2D eigenvalue weighted by Gasteiger charge is 1.97. The largest absolute Gasteiger partial charge is 0.394 e. The van der Waals surface area contributed by atoms with Crippen molar-refractivity contribution >= 4 is 12.6 Å². The molecule has 0 amide bonds. The van der Waals surface area contributed by atoms with Crippen LogP contribution in [-0.4, -0.2) is 141 Å². The summed E-state index contributed by atoms with van der Waals surface area (Å²) in [6.45, 7) is 8.39. The van der Waals surface area contributed by atoms with Gasteiger partial charge in [-0.1, -0.05) is 0 Å². The van der Waals surface area contributed by atoms with Crippen LogP contribution in [0.25, 0.3) is 0 Å². The SMILES string of the molecule is OCCOCCOCCOCCOCCOCCOCCOCCOCCOCC(O)S. The van der Waals surface area contributed by atoms with Gasteiger partial charge in [-0.3, -0.25) is 0 Å². The molecule has 0 rings (SSSR count). The van der Waals surface area contributed by atoms with Gasteiger partial charge in [-0.25, -0.2) is 0 Å². The van der Waals surface area contributed by atoms with Crippen molar-refractivity contribution in [1.29, 1.82) is 0 Å². The Kier molecular flexibility index (Phi) is 28.9. The summed E-state index contributed by atoms with van der Waals surface area (Å²) in [5.74, 6) is 0. The molecule has 1 atom stereocenters. The maximum absolute atomic E-state index is 8.88. The molecule has 2 N–H and O–H groups in total. The highest BCUT2D eigenvalue weighted by Crippen LogP contribution is 1.90. The van der Waals surface area contributed by atoms with E-state index in [2.05, 4.69) is 12.6 Å². The Labute approximate surface area is 196 Å². The zero-order valence-electron chi connectivity index (χ0n) is 19.0. The predicted molar refractivity (Wildman–Crippen MR) is 119 cm³/mol. The fraction of sp³-hybridized carbons (Fsp3) is 1.00.